The molecule has 1 aromatic rings. The van der Waals surface area contributed by atoms with Gasteiger partial charge >= 0.3 is 6.18 Å². The zero-order valence-corrected chi connectivity index (χ0v) is 8.48. The van der Waals surface area contributed by atoms with E-state index < -0.39 is 11.9 Å². The normalized spacial score (nSPS) is 12.1. The lowest BCUT2D eigenvalue weighted by Gasteiger charge is -2.01. The monoisotopic (exact) mass is 256 g/mol. The lowest BCUT2D eigenvalue weighted by Crippen LogP contribution is -2.08. The molecule has 1 heterocycles. The van der Waals surface area contributed by atoms with Gasteiger partial charge < -0.3 is 0 Å². The summed E-state index contributed by atoms with van der Waals surface area (Å²) in [5.41, 5.74) is -0.308. The molecule has 13 heavy (non-hydrogen) atoms. The van der Waals surface area contributed by atoms with Crippen LogP contribution in [0.5, 0.6) is 0 Å². The number of rotatable bonds is 2. The standard InChI is InChI=1S/C7H8BrF3N2/c1-5-4-6(7(9,10)11)12-13(5)3-2-8/h4H,2-3H2,1H3. The highest BCUT2D eigenvalue weighted by Crippen LogP contribution is 2.28. The number of nitrogens with zero attached hydrogens (tertiary/aromatic N) is 2. The number of hydrogen-bond donors (Lipinski definition) is 0. The number of halogens is 4. The summed E-state index contributed by atoms with van der Waals surface area (Å²) >= 11 is 3.14. The van der Waals surface area contributed by atoms with Gasteiger partial charge in [-0.15, -0.1) is 0 Å². The van der Waals surface area contributed by atoms with Crippen LogP contribution >= 0.6 is 15.9 Å². The fraction of sp³-hybridized carbons (Fsp3) is 0.571. The van der Waals surface area contributed by atoms with Crippen molar-refractivity contribution in [3.63, 3.8) is 0 Å². The Morgan fingerprint density at radius 1 is 1.54 bits per heavy atom. The molecule has 0 aliphatic heterocycles. The van der Waals surface area contributed by atoms with Crippen LogP contribution in [0.1, 0.15) is 11.4 Å². The maximum Gasteiger partial charge on any atom is 0.435 e. The van der Waals surface area contributed by atoms with Crippen molar-refractivity contribution in [1.29, 1.82) is 0 Å². The Hall–Kier alpha value is -0.520. The highest BCUT2D eigenvalue weighted by molar-refractivity contribution is 9.09. The largest absolute Gasteiger partial charge is 0.435 e. The average molecular weight is 257 g/mol. The Morgan fingerprint density at radius 2 is 2.15 bits per heavy atom. The van der Waals surface area contributed by atoms with E-state index in [4.69, 9.17) is 0 Å². The van der Waals surface area contributed by atoms with Crippen molar-refractivity contribution in [1.82, 2.24) is 9.78 Å². The van der Waals surface area contributed by atoms with E-state index in [1.54, 1.807) is 6.92 Å². The summed E-state index contributed by atoms with van der Waals surface area (Å²) in [6.45, 7) is 2.05. The van der Waals surface area contributed by atoms with Crippen molar-refractivity contribution in [2.75, 3.05) is 5.33 Å². The van der Waals surface area contributed by atoms with Crippen molar-refractivity contribution in [3.05, 3.63) is 17.5 Å². The molecular formula is C7H8BrF3N2. The van der Waals surface area contributed by atoms with E-state index in [1.807, 2.05) is 0 Å². The van der Waals surface area contributed by atoms with Crippen LogP contribution in [0, 0.1) is 6.92 Å². The number of hydrogen-bond acceptors (Lipinski definition) is 1. The van der Waals surface area contributed by atoms with Gasteiger partial charge in [0.2, 0.25) is 0 Å². The topological polar surface area (TPSA) is 17.8 Å². The van der Waals surface area contributed by atoms with E-state index >= 15 is 0 Å². The summed E-state index contributed by atoms with van der Waals surface area (Å²) in [5, 5.41) is 4.02. The Bertz CT molecular complexity index is 292. The van der Waals surface area contributed by atoms with Gasteiger partial charge in [0, 0.05) is 11.0 Å². The molecule has 0 aliphatic carbocycles. The second-order valence-electron chi connectivity index (χ2n) is 2.58. The molecule has 6 heteroatoms. The maximum atomic E-state index is 12.1. The van der Waals surface area contributed by atoms with Crippen molar-refractivity contribution >= 4 is 15.9 Å². The lowest BCUT2D eigenvalue weighted by molar-refractivity contribution is -0.141. The van der Waals surface area contributed by atoms with Crippen LogP contribution in [0.2, 0.25) is 0 Å². The van der Waals surface area contributed by atoms with Crippen molar-refractivity contribution in [3.8, 4) is 0 Å². The molecule has 0 fully saturated rings. The Labute approximate surface area is 81.9 Å². The molecule has 0 amide bonds. The minimum atomic E-state index is -4.34. The molecule has 1 rings (SSSR count). The van der Waals surface area contributed by atoms with Gasteiger partial charge in [0.05, 0.1) is 6.54 Å². The smallest absolute Gasteiger partial charge is 0.268 e. The van der Waals surface area contributed by atoms with Gasteiger partial charge in [-0.2, -0.15) is 18.3 Å². The van der Waals surface area contributed by atoms with Crippen LogP contribution in [0.15, 0.2) is 6.07 Å². The maximum absolute atomic E-state index is 12.1. The summed E-state index contributed by atoms with van der Waals surface area (Å²) in [5.74, 6) is 0. The predicted octanol–water partition coefficient (Wildman–Crippen LogP) is 2.61. The van der Waals surface area contributed by atoms with Gasteiger partial charge in [-0.3, -0.25) is 4.68 Å². The molecule has 2 nitrogen and oxygen atoms in total. The van der Waals surface area contributed by atoms with E-state index in [0.717, 1.165) is 6.07 Å². The fourth-order valence-electron chi connectivity index (χ4n) is 0.955. The van der Waals surface area contributed by atoms with Crippen LogP contribution in [0.4, 0.5) is 13.2 Å². The first kappa shape index (κ1) is 10.6. The predicted molar refractivity (Wildman–Crippen MR) is 45.8 cm³/mol. The third kappa shape index (κ3) is 2.46. The quantitative estimate of drug-likeness (QED) is 0.744. The molecule has 0 bridgehead atoms. The summed E-state index contributed by atoms with van der Waals surface area (Å²) in [7, 11) is 0. The fourth-order valence-corrected chi connectivity index (χ4v) is 1.29. The van der Waals surface area contributed by atoms with E-state index in [1.165, 1.54) is 4.68 Å². The Morgan fingerprint density at radius 3 is 2.54 bits per heavy atom. The molecule has 1 aromatic heterocycles. The molecule has 0 atom stereocenters. The number of aromatic nitrogens is 2. The average Bonchev–Trinajstić information content (AvgIpc) is 2.32. The van der Waals surface area contributed by atoms with Crippen LogP contribution in [0.25, 0.3) is 0 Å². The molecule has 0 saturated heterocycles. The molecule has 0 aromatic carbocycles. The zero-order valence-electron chi connectivity index (χ0n) is 6.90. The highest BCUT2D eigenvalue weighted by atomic mass is 79.9. The van der Waals surface area contributed by atoms with Gasteiger partial charge in [-0.1, -0.05) is 15.9 Å². The highest BCUT2D eigenvalue weighted by Gasteiger charge is 2.34. The number of aryl methyl sites for hydroxylation is 2. The molecule has 74 valence electrons. The van der Waals surface area contributed by atoms with E-state index in [-0.39, 0.29) is 0 Å². The minimum Gasteiger partial charge on any atom is -0.268 e. The third-order valence-corrected chi connectivity index (χ3v) is 1.92. The Balaban J connectivity index is 2.95. The first-order valence-electron chi connectivity index (χ1n) is 3.62. The second kappa shape index (κ2) is 3.69. The van der Waals surface area contributed by atoms with E-state index in [2.05, 4.69) is 21.0 Å². The third-order valence-electron chi connectivity index (χ3n) is 1.57. The molecule has 0 radical (unpaired) electrons. The van der Waals surface area contributed by atoms with Gasteiger partial charge in [-0.25, -0.2) is 0 Å². The SMILES string of the molecule is Cc1cc(C(F)(F)F)nn1CCBr. The minimum absolute atomic E-state index is 0.446. The number of alkyl halides is 4. The first-order chi connectivity index (χ1) is 5.95. The molecule has 0 unspecified atom stereocenters. The lowest BCUT2D eigenvalue weighted by atomic mass is 10.4. The van der Waals surface area contributed by atoms with E-state index in [0.29, 0.717) is 17.6 Å². The van der Waals surface area contributed by atoms with Crippen LogP contribution < -0.4 is 0 Å². The van der Waals surface area contributed by atoms with Gasteiger partial charge in [0.25, 0.3) is 0 Å². The molecule has 0 N–H and O–H groups in total. The summed E-state index contributed by atoms with van der Waals surface area (Å²) < 4.78 is 37.7. The summed E-state index contributed by atoms with van der Waals surface area (Å²) in [4.78, 5) is 0. The summed E-state index contributed by atoms with van der Waals surface area (Å²) in [6.07, 6.45) is -4.34. The molecule has 0 spiro atoms. The first-order valence-corrected chi connectivity index (χ1v) is 4.75. The van der Waals surface area contributed by atoms with Gasteiger partial charge in [0.1, 0.15) is 0 Å². The van der Waals surface area contributed by atoms with E-state index in [9.17, 15) is 13.2 Å². The van der Waals surface area contributed by atoms with Crippen LogP contribution in [-0.2, 0) is 12.7 Å². The van der Waals surface area contributed by atoms with Crippen molar-refractivity contribution in [2.24, 2.45) is 0 Å². The molecule has 0 aliphatic rings. The summed E-state index contributed by atoms with van der Waals surface area (Å²) in [6, 6.07) is 1.04. The van der Waals surface area contributed by atoms with Gasteiger partial charge in [0.15, 0.2) is 5.69 Å². The Kier molecular flexibility index (Phi) is 3.00. The van der Waals surface area contributed by atoms with Crippen LogP contribution in [0.3, 0.4) is 0 Å². The molecule has 0 saturated carbocycles. The van der Waals surface area contributed by atoms with Crippen molar-refractivity contribution < 1.29 is 13.2 Å². The molecular weight excluding hydrogens is 249 g/mol. The van der Waals surface area contributed by atoms with Crippen LogP contribution in [-0.4, -0.2) is 15.1 Å². The zero-order chi connectivity index (χ0) is 10.1. The second-order valence-corrected chi connectivity index (χ2v) is 3.37. The van der Waals surface area contributed by atoms with Gasteiger partial charge in [-0.05, 0) is 13.0 Å². The van der Waals surface area contributed by atoms with Crippen molar-refractivity contribution in [2.45, 2.75) is 19.6 Å².